The van der Waals surface area contributed by atoms with Gasteiger partial charge in [0.2, 0.25) is 5.91 Å². The zero-order valence-electron chi connectivity index (χ0n) is 14.7. The molecule has 2 saturated carbocycles. The minimum atomic E-state index is -0.743. The Hall–Kier alpha value is -1.89. The largest absolute Gasteiger partial charge is 0.389 e. The number of aliphatic hydroxyl groups is 1. The smallest absolute Gasteiger partial charge is 0.254 e. The van der Waals surface area contributed by atoms with Gasteiger partial charge in [0, 0.05) is 32.4 Å². The van der Waals surface area contributed by atoms with Crippen molar-refractivity contribution < 1.29 is 14.7 Å². The molecule has 0 unspecified atom stereocenters. The van der Waals surface area contributed by atoms with Gasteiger partial charge < -0.3 is 15.3 Å². The molecule has 1 aromatic rings. The van der Waals surface area contributed by atoms with Gasteiger partial charge in [-0.2, -0.15) is 5.10 Å². The Morgan fingerprint density at radius 3 is 2.72 bits per heavy atom. The highest BCUT2D eigenvalue weighted by Crippen LogP contribution is 2.48. The monoisotopic (exact) mass is 346 g/mol. The minimum absolute atomic E-state index is 0.0777. The minimum Gasteiger partial charge on any atom is -0.389 e. The Labute approximate surface area is 147 Å². The number of aryl methyl sites for hydroxylation is 1. The first kappa shape index (κ1) is 16.6. The highest BCUT2D eigenvalue weighted by Gasteiger charge is 2.50. The number of aromatic nitrogens is 2. The lowest BCUT2D eigenvalue weighted by Gasteiger charge is -2.45. The third kappa shape index (κ3) is 3.17. The van der Waals surface area contributed by atoms with Crippen LogP contribution >= 0.6 is 0 Å². The fourth-order valence-electron chi connectivity index (χ4n) is 4.53. The van der Waals surface area contributed by atoms with Crippen LogP contribution in [-0.4, -0.2) is 56.3 Å². The summed E-state index contributed by atoms with van der Waals surface area (Å²) in [4.78, 5) is 26.5. The molecule has 1 aromatic heterocycles. The van der Waals surface area contributed by atoms with Gasteiger partial charge in [0.1, 0.15) is 0 Å². The summed E-state index contributed by atoms with van der Waals surface area (Å²) in [5, 5.41) is 17.3. The molecule has 2 N–H and O–H groups in total. The van der Waals surface area contributed by atoms with Gasteiger partial charge >= 0.3 is 0 Å². The lowest BCUT2D eigenvalue weighted by Crippen LogP contribution is -2.52. The van der Waals surface area contributed by atoms with Crippen molar-refractivity contribution in [2.24, 2.45) is 12.5 Å². The molecule has 136 valence electrons. The van der Waals surface area contributed by atoms with Crippen LogP contribution in [-0.2, 0) is 11.8 Å². The van der Waals surface area contributed by atoms with Crippen molar-refractivity contribution in [1.29, 1.82) is 0 Å². The van der Waals surface area contributed by atoms with Gasteiger partial charge in [0.25, 0.3) is 5.91 Å². The van der Waals surface area contributed by atoms with E-state index >= 15 is 0 Å². The van der Waals surface area contributed by atoms with Crippen LogP contribution < -0.4 is 5.32 Å². The van der Waals surface area contributed by atoms with E-state index in [0.29, 0.717) is 5.56 Å². The fraction of sp³-hybridized carbons (Fsp3) is 0.722. The predicted molar refractivity (Wildman–Crippen MR) is 90.7 cm³/mol. The molecule has 3 aliphatic rings. The van der Waals surface area contributed by atoms with Crippen LogP contribution in [0.4, 0.5) is 0 Å². The molecule has 7 nitrogen and oxygen atoms in total. The summed E-state index contributed by atoms with van der Waals surface area (Å²) >= 11 is 0. The standard InChI is InChI=1S/C18H26N4O3/c1-21-11-13(10-19-21)16(24)20-14-7-17(8-14)5-6-22(12-17)15(23)9-18(25)3-2-4-18/h10-11,14,25H,2-9,12H2,1H3,(H,20,24). The molecule has 0 aromatic carbocycles. The summed E-state index contributed by atoms with van der Waals surface area (Å²) < 4.78 is 1.62. The second-order valence-electron chi connectivity index (χ2n) is 8.30. The van der Waals surface area contributed by atoms with E-state index in [2.05, 4.69) is 10.4 Å². The number of carbonyl (C=O) groups excluding carboxylic acids is 2. The highest BCUT2D eigenvalue weighted by molar-refractivity contribution is 5.93. The molecular weight excluding hydrogens is 320 g/mol. The van der Waals surface area contributed by atoms with Crippen molar-refractivity contribution >= 4 is 11.8 Å². The van der Waals surface area contributed by atoms with Gasteiger partial charge in [0.05, 0.1) is 23.8 Å². The highest BCUT2D eigenvalue weighted by atomic mass is 16.3. The van der Waals surface area contributed by atoms with Crippen LogP contribution in [0.15, 0.2) is 12.4 Å². The molecule has 0 radical (unpaired) electrons. The van der Waals surface area contributed by atoms with Crippen molar-refractivity contribution in [3.63, 3.8) is 0 Å². The predicted octanol–water partition coefficient (Wildman–Crippen LogP) is 0.836. The first-order valence-corrected chi connectivity index (χ1v) is 9.16. The Kier molecular flexibility index (Phi) is 3.86. The molecule has 7 heteroatoms. The van der Waals surface area contributed by atoms with Gasteiger partial charge in [-0.25, -0.2) is 0 Å². The fourth-order valence-corrected chi connectivity index (χ4v) is 4.53. The zero-order valence-corrected chi connectivity index (χ0v) is 14.7. The van der Waals surface area contributed by atoms with Crippen LogP contribution in [0.2, 0.25) is 0 Å². The van der Waals surface area contributed by atoms with Gasteiger partial charge in [0.15, 0.2) is 0 Å². The van der Waals surface area contributed by atoms with E-state index < -0.39 is 5.60 Å². The molecule has 3 fully saturated rings. The van der Waals surface area contributed by atoms with Crippen molar-refractivity contribution in [1.82, 2.24) is 20.0 Å². The van der Waals surface area contributed by atoms with Crippen molar-refractivity contribution in [3.8, 4) is 0 Å². The Bertz CT molecular complexity index is 688. The van der Waals surface area contributed by atoms with E-state index in [1.165, 1.54) is 0 Å². The van der Waals surface area contributed by atoms with E-state index in [0.717, 1.165) is 51.6 Å². The van der Waals surface area contributed by atoms with Crippen LogP contribution in [0.3, 0.4) is 0 Å². The molecule has 2 amide bonds. The molecule has 1 spiro atoms. The first-order chi connectivity index (χ1) is 11.9. The van der Waals surface area contributed by atoms with E-state index in [1.807, 2.05) is 4.90 Å². The number of hydrogen-bond donors (Lipinski definition) is 2. The molecule has 1 saturated heterocycles. The maximum atomic E-state index is 12.4. The molecule has 2 heterocycles. The van der Waals surface area contributed by atoms with Crippen LogP contribution in [0.1, 0.15) is 55.3 Å². The van der Waals surface area contributed by atoms with Crippen LogP contribution in [0.25, 0.3) is 0 Å². The topological polar surface area (TPSA) is 87.5 Å². The SMILES string of the molecule is Cn1cc(C(=O)NC2CC3(CCN(C(=O)CC4(O)CCC4)C3)C2)cn1. The van der Waals surface area contributed by atoms with Gasteiger partial charge in [-0.1, -0.05) is 0 Å². The van der Waals surface area contributed by atoms with Crippen molar-refractivity contribution in [3.05, 3.63) is 18.0 Å². The molecule has 2 aliphatic carbocycles. The number of likely N-dealkylation sites (tertiary alicyclic amines) is 1. The summed E-state index contributed by atoms with van der Waals surface area (Å²) in [6.07, 6.45) is 8.92. The maximum absolute atomic E-state index is 12.4. The lowest BCUT2D eigenvalue weighted by atomic mass is 9.65. The second-order valence-corrected chi connectivity index (χ2v) is 8.30. The molecule has 4 rings (SSSR count). The average Bonchev–Trinajstić information content (AvgIpc) is 3.12. The maximum Gasteiger partial charge on any atom is 0.254 e. The lowest BCUT2D eigenvalue weighted by molar-refractivity contribution is -0.140. The van der Waals surface area contributed by atoms with E-state index in [4.69, 9.17) is 0 Å². The van der Waals surface area contributed by atoms with E-state index in [9.17, 15) is 14.7 Å². The van der Waals surface area contributed by atoms with Crippen LogP contribution in [0.5, 0.6) is 0 Å². The zero-order chi connectivity index (χ0) is 17.7. The van der Waals surface area contributed by atoms with Crippen LogP contribution in [0, 0.1) is 5.41 Å². The summed E-state index contributed by atoms with van der Waals surface area (Å²) in [5.74, 6) is 0.00741. The molecule has 25 heavy (non-hydrogen) atoms. The van der Waals surface area contributed by atoms with Crippen molar-refractivity contribution in [2.45, 2.75) is 56.6 Å². The molecule has 0 bridgehead atoms. The summed E-state index contributed by atoms with van der Waals surface area (Å²) in [6, 6.07) is 0.179. The summed E-state index contributed by atoms with van der Waals surface area (Å²) in [5.41, 5.74) is -0.00214. The number of nitrogens with zero attached hydrogens (tertiary/aromatic N) is 3. The third-order valence-corrected chi connectivity index (χ3v) is 6.22. The van der Waals surface area contributed by atoms with Gasteiger partial charge in [-0.15, -0.1) is 0 Å². The molecule has 1 aliphatic heterocycles. The number of carbonyl (C=O) groups is 2. The summed E-state index contributed by atoms with van der Waals surface area (Å²) in [7, 11) is 1.79. The van der Waals surface area contributed by atoms with Gasteiger partial charge in [-0.05, 0) is 43.9 Å². The van der Waals surface area contributed by atoms with E-state index in [-0.39, 0.29) is 29.7 Å². The van der Waals surface area contributed by atoms with Crippen molar-refractivity contribution in [2.75, 3.05) is 13.1 Å². The number of hydrogen-bond acceptors (Lipinski definition) is 4. The Morgan fingerprint density at radius 2 is 2.12 bits per heavy atom. The number of rotatable bonds is 4. The normalized spacial score (nSPS) is 30.0. The molecule has 0 atom stereocenters. The Morgan fingerprint density at radius 1 is 1.36 bits per heavy atom. The first-order valence-electron chi connectivity index (χ1n) is 9.16. The van der Waals surface area contributed by atoms with Gasteiger partial charge in [-0.3, -0.25) is 14.3 Å². The second kappa shape index (κ2) is 5.83. The third-order valence-electron chi connectivity index (χ3n) is 6.22. The molecular formula is C18H26N4O3. The number of nitrogens with one attached hydrogen (secondary N) is 1. The quantitative estimate of drug-likeness (QED) is 0.846. The number of amides is 2. The Balaban J connectivity index is 1.25. The van der Waals surface area contributed by atoms with E-state index in [1.54, 1.807) is 24.1 Å². The summed E-state index contributed by atoms with van der Waals surface area (Å²) in [6.45, 7) is 1.54. The average molecular weight is 346 g/mol.